The van der Waals surface area contributed by atoms with Crippen molar-refractivity contribution >= 4 is 69.9 Å². The smallest absolute Gasteiger partial charge is 0.327 e. The summed E-state index contributed by atoms with van der Waals surface area (Å²) < 4.78 is 13.5. The van der Waals surface area contributed by atoms with Crippen LogP contribution in [0.2, 0.25) is 20.4 Å². The summed E-state index contributed by atoms with van der Waals surface area (Å²) in [7, 11) is 0. The third-order valence-electron chi connectivity index (χ3n) is 7.80. The van der Waals surface area contributed by atoms with Gasteiger partial charge in [0.1, 0.15) is 57.0 Å². The number of hydrogen-bond donors (Lipinski definition) is 3. The number of aromatic amines is 1. The fourth-order valence-corrected chi connectivity index (χ4v) is 6.21. The van der Waals surface area contributed by atoms with Crippen LogP contribution in [0.4, 0.5) is 0 Å². The predicted molar refractivity (Wildman–Crippen MR) is 195 cm³/mol. The van der Waals surface area contributed by atoms with E-state index in [0.29, 0.717) is 22.5 Å². The molecule has 0 radical (unpaired) electrons. The van der Waals surface area contributed by atoms with Crippen molar-refractivity contribution in [3.05, 3.63) is 97.7 Å². The zero-order chi connectivity index (χ0) is 38.8. The molecule has 0 saturated heterocycles. The molecule has 0 unspecified atom stereocenters. The van der Waals surface area contributed by atoms with E-state index in [-0.39, 0.29) is 74.9 Å². The van der Waals surface area contributed by atoms with Crippen LogP contribution in [0.1, 0.15) is 46.0 Å². The lowest BCUT2D eigenvalue weighted by molar-refractivity contribution is -0.145. The molecule has 0 aliphatic carbocycles. The largest absolute Gasteiger partial charge is 0.507 e. The zero-order valence-electron chi connectivity index (χ0n) is 28.0. The molecule has 6 rings (SSSR count). The topological polar surface area (TPSA) is 209 Å². The Morgan fingerprint density at radius 1 is 0.741 bits per heavy atom. The van der Waals surface area contributed by atoms with Crippen molar-refractivity contribution in [2.45, 2.75) is 26.9 Å². The summed E-state index contributed by atoms with van der Waals surface area (Å²) in [5.41, 5.74) is 0.365. The number of nitrogens with one attached hydrogen (secondary N) is 1. The number of benzene rings is 2. The molecule has 0 aliphatic heterocycles. The van der Waals surface area contributed by atoms with E-state index in [1.165, 1.54) is 64.2 Å². The molecule has 0 aliphatic rings. The van der Waals surface area contributed by atoms with Gasteiger partial charge in [-0.2, -0.15) is 0 Å². The van der Waals surface area contributed by atoms with E-state index in [9.17, 15) is 29.4 Å². The van der Waals surface area contributed by atoms with Gasteiger partial charge in [0, 0.05) is 11.1 Å². The van der Waals surface area contributed by atoms with Crippen LogP contribution in [0.5, 0.6) is 11.5 Å². The van der Waals surface area contributed by atoms with Gasteiger partial charge in [-0.3, -0.25) is 23.7 Å². The molecule has 4 aromatic heterocycles. The second-order valence-corrected chi connectivity index (χ2v) is 12.8. The molecule has 6 aromatic rings. The number of ketones is 2. The maximum Gasteiger partial charge on any atom is 0.327 e. The van der Waals surface area contributed by atoms with Crippen molar-refractivity contribution in [2.75, 3.05) is 13.2 Å². The summed E-state index contributed by atoms with van der Waals surface area (Å²) in [6.45, 7) is 3.42. The van der Waals surface area contributed by atoms with Crippen molar-refractivity contribution in [1.29, 1.82) is 0 Å². The van der Waals surface area contributed by atoms with Gasteiger partial charge in [0.05, 0.1) is 53.1 Å². The number of ether oxygens (including phenoxy) is 2. The number of carbonyl (C=O) groups is 4. The normalized spacial score (nSPS) is 11.1. The van der Waals surface area contributed by atoms with Crippen molar-refractivity contribution < 1.29 is 38.9 Å². The highest BCUT2D eigenvalue weighted by atomic mass is 35.5. The molecule has 0 fully saturated rings. The Balaban J connectivity index is 1.31. The number of esters is 2. The third-order valence-corrected chi connectivity index (χ3v) is 9.31. The molecule has 4 heterocycles. The molecule has 0 atom stereocenters. The quantitative estimate of drug-likeness (QED) is 0.0915. The summed E-state index contributed by atoms with van der Waals surface area (Å²) in [6, 6.07) is 9.46. The minimum Gasteiger partial charge on any atom is -0.507 e. The summed E-state index contributed by atoms with van der Waals surface area (Å²) in [6.07, 6.45) is 2.94. The number of phenolic OH excluding ortho intramolecular Hbond substituents is 2. The Hall–Kier alpha value is -5.68. The molecule has 54 heavy (non-hydrogen) atoms. The van der Waals surface area contributed by atoms with Crippen molar-refractivity contribution in [3.63, 3.8) is 0 Å². The van der Waals surface area contributed by atoms with Gasteiger partial charge in [-0.25, -0.2) is 9.36 Å². The van der Waals surface area contributed by atoms with Gasteiger partial charge in [-0.15, -0.1) is 10.2 Å². The van der Waals surface area contributed by atoms with Crippen LogP contribution in [0, 0.1) is 0 Å². The number of carbonyl (C=O) groups excluding carboxylic acids is 4. The Morgan fingerprint density at radius 2 is 1.24 bits per heavy atom. The number of aromatic nitrogens is 8. The number of H-pyrrole nitrogens is 1. The second-order valence-electron chi connectivity index (χ2n) is 11.3. The van der Waals surface area contributed by atoms with Crippen LogP contribution in [-0.4, -0.2) is 86.5 Å². The number of halogens is 4. The first-order chi connectivity index (χ1) is 25.8. The van der Waals surface area contributed by atoms with Crippen molar-refractivity contribution in [3.8, 4) is 39.7 Å². The molecule has 278 valence electrons. The summed E-state index contributed by atoms with van der Waals surface area (Å²) in [4.78, 5) is 54.4. The first-order valence-corrected chi connectivity index (χ1v) is 17.3. The standard InChI is InChI=1S/C34H26Cl4N8O8/c1-3-53-26(49)14-44-12-21(40-42-44)16-5-7-18(24(47)9-16)31(51)23-11-20(35)34(38)46(23)30-28(36)33(37)39-29(30)32(52)19-8-6-17(10-25(19)48)22-13-45(43-41-22)15-27(50)54-4-2/h5-13,39,47-48H,3-4,14-15H2,1-2H3. The van der Waals surface area contributed by atoms with Crippen LogP contribution in [0.15, 0.2) is 54.9 Å². The van der Waals surface area contributed by atoms with Gasteiger partial charge in [0.15, 0.2) is 0 Å². The third kappa shape index (κ3) is 7.54. The molecular weight excluding hydrogens is 790 g/mol. The molecule has 0 bridgehead atoms. The number of phenols is 2. The van der Waals surface area contributed by atoms with E-state index in [1.807, 2.05) is 0 Å². The Bertz CT molecular complexity index is 2280. The first kappa shape index (κ1) is 38.1. The average molecular weight is 816 g/mol. The fourth-order valence-electron chi connectivity index (χ4n) is 5.39. The Kier molecular flexibility index (Phi) is 11.1. The van der Waals surface area contributed by atoms with E-state index >= 15 is 0 Å². The maximum atomic E-state index is 14.0. The van der Waals surface area contributed by atoms with Crippen LogP contribution < -0.4 is 0 Å². The lowest BCUT2D eigenvalue weighted by Crippen LogP contribution is -2.13. The van der Waals surface area contributed by atoms with E-state index in [2.05, 4.69) is 25.6 Å². The molecule has 0 spiro atoms. The van der Waals surface area contributed by atoms with E-state index in [1.54, 1.807) is 13.8 Å². The number of aromatic hydroxyl groups is 2. The van der Waals surface area contributed by atoms with E-state index < -0.39 is 35.0 Å². The SMILES string of the molecule is CCOC(=O)Cn1cc(-c2ccc(C(=O)c3[nH]c(Cl)c(Cl)c3-n3c(C(=O)c4ccc(-c5cn(CC(=O)OCC)nn5)cc4O)cc(Cl)c3Cl)c(O)c2)nn1. The summed E-state index contributed by atoms with van der Waals surface area (Å²) >= 11 is 26.0. The lowest BCUT2D eigenvalue weighted by Gasteiger charge is -2.13. The minimum atomic E-state index is -0.795. The Labute approximate surface area is 324 Å². The number of nitrogens with zero attached hydrogens (tertiary/aromatic N) is 7. The molecule has 2 aromatic carbocycles. The van der Waals surface area contributed by atoms with Gasteiger partial charge in [0.2, 0.25) is 11.6 Å². The fraction of sp³-hybridized carbons (Fsp3) is 0.176. The molecule has 0 amide bonds. The molecule has 3 N–H and O–H groups in total. The lowest BCUT2D eigenvalue weighted by atomic mass is 10.0. The number of rotatable bonds is 13. The van der Waals surface area contributed by atoms with Gasteiger partial charge in [0.25, 0.3) is 0 Å². The second kappa shape index (κ2) is 15.7. The van der Waals surface area contributed by atoms with E-state index in [4.69, 9.17) is 55.9 Å². The van der Waals surface area contributed by atoms with Crippen LogP contribution in [-0.2, 0) is 32.2 Å². The summed E-state index contributed by atoms with van der Waals surface area (Å²) in [5, 5.41) is 37.1. The highest BCUT2D eigenvalue weighted by molar-refractivity contribution is 6.45. The molecule has 20 heteroatoms. The van der Waals surface area contributed by atoms with Gasteiger partial charge in [-0.05, 0) is 44.2 Å². The Morgan fingerprint density at radius 3 is 1.72 bits per heavy atom. The summed E-state index contributed by atoms with van der Waals surface area (Å²) in [5.74, 6) is -3.48. The first-order valence-electron chi connectivity index (χ1n) is 15.8. The van der Waals surface area contributed by atoms with Crippen LogP contribution in [0.3, 0.4) is 0 Å². The van der Waals surface area contributed by atoms with Crippen molar-refractivity contribution in [2.24, 2.45) is 0 Å². The van der Waals surface area contributed by atoms with Gasteiger partial charge in [-0.1, -0.05) is 69.0 Å². The molecule has 0 saturated carbocycles. The van der Waals surface area contributed by atoms with Crippen LogP contribution >= 0.6 is 46.4 Å². The highest BCUT2D eigenvalue weighted by Crippen LogP contribution is 2.41. The monoisotopic (exact) mass is 814 g/mol. The number of hydrogen-bond acceptors (Lipinski definition) is 12. The molecular formula is C34H26Cl4N8O8. The molecule has 16 nitrogen and oxygen atoms in total. The average Bonchev–Trinajstić information content (AvgIpc) is 3.92. The zero-order valence-corrected chi connectivity index (χ0v) is 31.0. The highest BCUT2D eigenvalue weighted by Gasteiger charge is 2.31. The predicted octanol–water partition coefficient (Wildman–Crippen LogP) is 5.94. The van der Waals surface area contributed by atoms with E-state index in [0.717, 1.165) is 4.57 Å². The maximum absolute atomic E-state index is 14.0. The van der Waals surface area contributed by atoms with Gasteiger partial charge >= 0.3 is 11.9 Å². The van der Waals surface area contributed by atoms with Gasteiger partial charge < -0.3 is 24.7 Å². The van der Waals surface area contributed by atoms with Crippen LogP contribution in [0.25, 0.3) is 28.2 Å². The van der Waals surface area contributed by atoms with Crippen molar-refractivity contribution in [1.82, 2.24) is 39.5 Å². The minimum absolute atomic E-state index is 0.0932.